The van der Waals surface area contributed by atoms with Crippen molar-refractivity contribution in [1.82, 2.24) is 9.97 Å². The number of ether oxygens (including phenoxy) is 1. The largest absolute Gasteiger partial charge is 0.481 e. The number of anilines is 2. The lowest BCUT2D eigenvalue weighted by Crippen LogP contribution is -2.08. The van der Waals surface area contributed by atoms with Crippen LogP contribution >= 0.6 is 27.3 Å². The van der Waals surface area contributed by atoms with Crippen LogP contribution in [0.5, 0.6) is 5.88 Å². The summed E-state index contributed by atoms with van der Waals surface area (Å²) >= 11 is 5.17. The topological polar surface area (TPSA) is 73.1 Å². The summed E-state index contributed by atoms with van der Waals surface area (Å²) in [6, 6.07) is 5.87. The molecular formula is C11H13BrN4OS. The molecule has 0 aliphatic rings. The Labute approximate surface area is 118 Å². The monoisotopic (exact) mass is 328 g/mol. The van der Waals surface area contributed by atoms with Crippen molar-refractivity contribution in [2.75, 3.05) is 24.7 Å². The van der Waals surface area contributed by atoms with Gasteiger partial charge in [-0.3, -0.25) is 0 Å². The Bertz CT molecular complexity index is 532. The second-order valence-corrected chi connectivity index (χ2v) is 6.08. The van der Waals surface area contributed by atoms with Gasteiger partial charge in [-0.15, -0.1) is 11.3 Å². The highest BCUT2D eigenvalue weighted by Gasteiger charge is 2.02. The molecule has 2 heterocycles. The lowest BCUT2D eigenvalue weighted by atomic mass is 10.3. The van der Waals surface area contributed by atoms with Gasteiger partial charge in [-0.05, 0) is 34.5 Å². The summed E-state index contributed by atoms with van der Waals surface area (Å²) in [4.78, 5) is 9.32. The number of nitrogen functional groups attached to an aromatic ring is 1. The maximum atomic E-state index is 5.57. The van der Waals surface area contributed by atoms with E-state index in [1.165, 1.54) is 4.88 Å². The van der Waals surface area contributed by atoms with E-state index in [0.29, 0.717) is 11.7 Å². The normalized spacial score (nSPS) is 10.3. The first-order chi connectivity index (χ1) is 8.67. The molecule has 96 valence electrons. The van der Waals surface area contributed by atoms with Gasteiger partial charge in [-0.2, -0.15) is 9.97 Å². The van der Waals surface area contributed by atoms with E-state index in [1.807, 2.05) is 6.07 Å². The number of nitrogens with zero attached hydrogens (tertiary/aromatic N) is 2. The molecule has 3 N–H and O–H groups in total. The quantitative estimate of drug-likeness (QED) is 0.882. The number of nitrogens with two attached hydrogens (primary N) is 1. The van der Waals surface area contributed by atoms with Gasteiger partial charge >= 0.3 is 0 Å². The fraction of sp³-hybridized carbons (Fsp3) is 0.273. The molecule has 0 saturated carbocycles. The van der Waals surface area contributed by atoms with Crippen LogP contribution in [0.25, 0.3) is 0 Å². The minimum atomic E-state index is 0.204. The Morgan fingerprint density at radius 2 is 2.28 bits per heavy atom. The van der Waals surface area contributed by atoms with Gasteiger partial charge < -0.3 is 15.8 Å². The summed E-state index contributed by atoms with van der Waals surface area (Å²) in [5.74, 6) is 1.34. The number of aromatic nitrogens is 2. The Balaban J connectivity index is 1.91. The number of methoxy groups -OCH3 is 1. The smallest absolute Gasteiger partial charge is 0.225 e. The molecule has 0 aliphatic heterocycles. The molecule has 2 rings (SSSR count). The SMILES string of the molecule is COc1cc(NCCc2ccc(Br)s2)nc(N)n1. The van der Waals surface area contributed by atoms with E-state index in [1.54, 1.807) is 24.5 Å². The van der Waals surface area contributed by atoms with Crippen molar-refractivity contribution >= 4 is 39.0 Å². The molecule has 0 radical (unpaired) electrons. The van der Waals surface area contributed by atoms with Crippen molar-refractivity contribution in [3.8, 4) is 5.88 Å². The maximum absolute atomic E-state index is 5.57. The van der Waals surface area contributed by atoms with Crippen molar-refractivity contribution in [1.29, 1.82) is 0 Å². The van der Waals surface area contributed by atoms with E-state index in [-0.39, 0.29) is 5.95 Å². The first-order valence-electron chi connectivity index (χ1n) is 5.34. The summed E-state index contributed by atoms with van der Waals surface area (Å²) in [5.41, 5.74) is 5.57. The van der Waals surface area contributed by atoms with E-state index in [4.69, 9.17) is 10.5 Å². The summed E-state index contributed by atoms with van der Waals surface area (Å²) < 4.78 is 6.17. The highest BCUT2D eigenvalue weighted by Crippen LogP contribution is 2.22. The number of rotatable bonds is 5. The third-order valence-electron chi connectivity index (χ3n) is 2.24. The molecule has 0 bridgehead atoms. The summed E-state index contributed by atoms with van der Waals surface area (Å²) in [6.45, 7) is 0.784. The van der Waals surface area contributed by atoms with Gasteiger partial charge in [0.2, 0.25) is 11.8 Å². The zero-order chi connectivity index (χ0) is 13.0. The molecule has 0 atom stereocenters. The van der Waals surface area contributed by atoms with Crippen LogP contribution in [0.4, 0.5) is 11.8 Å². The predicted octanol–water partition coefficient (Wildman–Crippen LogP) is 2.55. The van der Waals surface area contributed by atoms with Gasteiger partial charge in [-0.1, -0.05) is 0 Å². The Hall–Kier alpha value is -1.34. The van der Waals surface area contributed by atoms with Crippen molar-refractivity contribution in [3.63, 3.8) is 0 Å². The average molecular weight is 329 g/mol. The molecule has 0 saturated heterocycles. The van der Waals surface area contributed by atoms with E-state index in [0.717, 1.165) is 16.8 Å². The van der Waals surface area contributed by atoms with Crippen LogP contribution in [-0.4, -0.2) is 23.6 Å². The zero-order valence-electron chi connectivity index (χ0n) is 9.81. The molecule has 0 spiro atoms. The van der Waals surface area contributed by atoms with Crippen LogP contribution in [0.1, 0.15) is 4.88 Å². The van der Waals surface area contributed by atoms with Gasteiger partial charge in [0.05, 0.1) is 10.9 Å². The van der Waals surface area contributed by atoms with E-state index < -0.39 is 0 Å². The lowest BCUT2D eigenvalue weighted by Gasteiger charge is -2.06. The second kappa shape index (κ2) is 6.01. The molecule has 2 aromatic heterocycles. The van der Waals surface area contributed by atoms with Gasteiger partial charge in [0.25, 0.3) is 0 Å². The predicted molar refractivity (Wildman–Crippen MR) is 77.2 cm³/mol. The van der Waals surface area contributed by atoms with Crippen LogP contribution in [0.15, 0.2) is 22.0 Å². The molecule has 0 unspecified atom stereocenters. The molecule has 0 aromatic carbocycles. The Morgan fingerprint density at radius 3 is 2.94 bits per heavy atom. The second-order valence-electron chi connectivity index (χ2n) is 3.54. The van der Waals surface area contributed by atoms with E-state index in [9.17, 15) is 0 Å². The lowest BCUT2D eigenvalue weighted by molar-refractivity contribution is 0.398. The van der Waals surface area contributed by atoms with Gasteiger partial charge in [0, 0.05) is 17.5 Å². The highest BCUT2D eigenvalue weighted by molar-refractivity contribution is 9.11. The summed E-state index contributed by atoms with van der Waals surface area (Å²) in [6.07, 6.45) is 0.933. The molecule has 0 aliphatic carbocycles. The Kier molecular flexibility index (Phi) is 4.38. The van der Waals surface area contributed by atoms with Crippen LogP contribution in [0.2, 0.25) is 0 Å². The number of halogens is 1. The van der Waals surface area contributed by atoms with Crippen molar-refractivity contribution in [2.45, 2.75) is 6.42 Å². The van der Waals surface area contributed by atoms with Crippen molar-refractivity contribution < 1.29 is 4.74 Å². The molecule has 2 aromatic rings. The van der Waals surface area contributed by atoms with Crippen LogP contribution in [-0.2, 0) is 6.42 Å². The molecule has 5 nitrogen and oxygen atoms in total. The molecule has 0 amide bonds. The van der Waals surface area contributed by atoms with Crippen molar-refractivity contribution in [2.24, 2.45) is 0 Å². The van der Waals surface area contributed by atoms with E-state index in [2.05, 4.69) is 37.3 Å². The van der Waals surface area contributed by atoms with Crippen LogP contribution in [0.3, 0.4) is 0 Å². The molecule has 7 heteroatoms. The Morgan fingerprint density at radius 1 is 1.44 bits per heavy atom. The minimum absolute atomic E-state index is 0.204. The number of nitrogens with one attached hydrogen (secondary N) is 1. The van der Waals surface area contributed by atoms with E-state index >= 15 is 0 Å². The van der Waals surface area contributed by atoms with Crippen molar-refractivity contribution in [3.05, 3.63) is 26.9 Å². The standard InChI is InChI=1S/C11H13BrN4OS/c1-17-10-6-9(15-11(13)16-10)14-5-4-7-2-3-8(12)18-7/h2-3,6H,4-5H2,1H3,(H3,13,14,15,16). The maximum Gasteiger partial charge on any atom is 0.225 e. The minimum Gasteiger partial charge on any atom is -0.481 e. The number of hydrogen-bond acceptors (Lipinski definition) is 6. The van der Waals surface area contributed by atoms with Gasteiger partial charge in [-0.25, -0.2) is 0 Å². The van der Waals surface area contributed by atoms with Crippen LogP contribution < -0.4 is 15.8 Å². The summed E-state index contributed by atoms with van der Waals surface area (Å²) in [7, 11) is 1.55. The third kappa shape index (κ3) is 3.58. The first-order valence-corrected chi connectivity index (χ1v) is 6.95. The fourth-order valence-electron chi connectivity index (χ4n) is 1.44. The molecule has 18 heavy (non-hydrogen) atoms. The number of thiophene rings is 1. The van der Waals surface area contributed by atoms with Crippen LogP contribution in [0, 0.1) is 0 Å². The molecular weight excluding hydrogens is 316 g/mol. The summed E-state index contributed by atoms with van der Waals surface area (Å²) in [5, 5.41) is 3.20. The molecule has 0 fully saturated rings. The highest BCUT2D eigenvalue weighted by atomic mass is 79.9. The zero-order valence-corrected chi connectivity index (χ0v) is 12.2. The first kappa shape index (κ1) is 13.1. The average Bonchev–Trinajstić information content (AvgIpc) is 2.74. The van der Waals surface area contributed by atoms with Gasteiger partial charge in [0.1, 0.15) is 5.82 Å². The number of hydrogen-bond donors (Lipinski definition) is 2. The van der Waals surface area contributed by atoms with Gasteiger partial charge in [0.15, 0.2) is 0 Å². The third-order valence-corrected chi connectivity index (χ3v) is 3.92. The fourth-order valence-corrected chi connectivity index (χ4v) is 2.92.